The number of aryl methyl sites for hydroxylation is 2. The summed E-state index contributed by atoms with van der Waals surface area (Å²) in [5, 5.41) is 8.21. The van der Waals surface area contributed by atoms with E-state index in [2.05, 4.69) is 20.6 Å². The van der Waals surface area contributed by atoms with Crippen LogP contribution in [-0.4, -0.2) is 26.9 Å². The summed E-state index contributed by atoms with van der Waals surface area (Å²) in [6, 6.07) is 5.41. The minimum absolute atomic E-state index is 0.275. The number of hydrogen-bond donors (Lipinski definition) is 1. The second-order valence-corrected chi connectivity index (χ2v) is 4.20. The van der Waals surface area contributed by atoms with E-state index < -0.39 is 5.91 Å². The molecule has 0 radical (unpaired) electrons. The number of hydrazone groups is 1. The van der Waals surface area contributed by atoms with E-state index in [1.807, 2.05) is 6.07 Å². The maximum atomic E-state index is 11.9. The molecule has 2 rings (SSSR count). The molecule has 2 heterocycles. The summed E-state index contributed by atoms with van der Waals surface area (Å²) in [5.41, 5.74) is 3.91. The van der Waals surface area contributed by atoms with Crippen LogP contribution >= 0.6 is 11.6 Å². The lowest BCUT2D eigenvalue weighted by atomic mass is 10.3. The molecule has 1 N–H and O–H groups in total. The van der Waals surface area contributed by atoms with Crippen LogP contribution in [-0.2, 0) is 7.05 Å². The second kappa shape index (κ2) is 5.62. The van der Waals surface area contributed by atoms with Gasteiger partial charge in [0.05, 0.1) is 22.6 Å². The van der Waals surface area contributed by atoms with Gasteiger partial charge in [0, 0.05) is 13.2 Å². The Morgan fingerprint density at radius 1 is 1.53 bits per heavy atom. The van der Waals surface area contributed by atoms with Crippen molar-refractivity contribution in [2.45, 2.75) is 6.92 Å². The van der Waals surface area contributed by atoms with Gasteiger partial charge in [-0.25, -0.2) is 5.43 Å². The summed E-state index contributed by atoms with van der Waals surface area (Å²) in [6.45, 7) is 1.73. The molecule has 7 heteroatoms. The highest BCUT2D eigenvalue weighted by Gasteiger charge is 2.17. The van der Waals surface area contributed by atoms with Gasteiger partial charge in [-0.1, -0.05) is 17.7 Å². The zero-order valence-corrected chi connectivity index (χ0v) is 11.2. The Kier molecular flexibility index (Phi) is 3.91. The molecule has 1 amide bonds. The number of pyridine rings is 1. The Balaban J connectivity index is 2.08. The van der Waals surface area contributed by atoms with Gasteiger partial charge in [-0.15, -0.1) is 0 Å². The topological polar surface area (TPSA) is 72.2 Å². The normalized spacial score (nSPS) is 10.9. The number of nitrogens with zero attached hydrogens (tertiary/aromatic N) is 4. The highest BCUT2D eigenvalue weighted by atomic mass is 35.5. The fraction of sp³-hybridized carbons (Fsp3) is 0.167. The minimum Gasteiger partial charge on any atom is -0.266 e. The predicted molar refractivity (Wildman–Crippen MR) is 72.3 cm³/mol. The van der Waals surface area contributed by atoms with Gasteiger partial charge in [0.2, 0.25) is 0 Å². The minimum atomic E-state index is -0.416. The van der Waals surface area contributed by atoms with Crippen LogP contribution in [0.15, 0.2) is 29.5 Å². The van der Waals surface area contributed by atoms with Gasteiger partial charge in [0.15, 0.2) is 0 Å². The molecular weight excluding hydrogens is 266 g/mol. The van der Waals surface area contributed by atoms with Crippen LogP contribution in [0.3, 0.4) is 0 Å². The van der Waals surface area contributed by atoms with Gasteiger partial charge >= 0.3 is 0 Å². The van der Waals surface area contributed by atoms with E-state index in [1.165, 1.54) is 10.9 Å². The van der Waals surface area contributed by atoms with Crippen LogP contribution in [0.2, 0.25) is 5.02 Å². The van der Waals surface area contributed by atoms with Crippen molar-refractivity contribution in [2.75, 3.05) is 0 Å². The summed E-state index contributed by atoms with van der Waals surface area (Å²) >= 11 is 6.00. The number of rotatable bonds is 3. The van der Waals surface area contributed by atoms with E-state index >= 15 is 0 Å². The molecule has 0 spiro atoms. The number of amides is 1. The molecule has 6 nitrogen and oxygen atoms in total. The summed E-state index contributed by atoms with van der Waals surface area (Å²) in [7, 11) is 1.65. The van der Waals surface area contributed by atoms with Crippen molar-refractivity contribution < 1.29 is 4.79 Å². The average Bonchev–Trinajstić information content (AvgIpc) is 2.64. The van der Waals surface area contributed by atoms with E-state index in [4.69, 9.17) is 11.6 Å². The fourth-order valence-corrected chi connectivity index (χ4v) is 1.79. The zero-order valence-electron chi connectivity index (χ0n) is 10.5. The molecule has 0 bridgehead atoms. The Labute approximate surface area is 115 Å². The van der Waals surface area contributed by atoms with E-state index in [-0.39, 0.29) is 5.69 Å². The third-order valence-electron chi connectivity index (χ3n) is 2.41. The van der Waals surface area contributed by atoms with E-state index in [9.17, 15) is 4.79 Å². The van der Waals surface area contributed by atoms with Crippen LogP contribution in [0, 0.1) is 6.92 Å². The van der Waals surface area contributed by atoms with Crippen molar-refractivity contribution >= 4 is 23.7 Å². The molecular formula is C12H12ClN5O. The molecule has 2 aromatic heterocycles. The first-order valence-electron chi connectivity index (χ1n) is 5.53. The van der Waals surface area contributed by atoms with Crippen LogP contribution in [0.5, 0.6) is 0 Å². The van der Waals surface area contributed by atoms with Crippen molar-refractivity contribution in [1.29, 1.82) is 0 Å². The van der Waals surface area contributed by atoms with E-state index in [0.29, 0.717) is 16.4 Å². The third-order valence-corrected chi connectivity index (χ3v) is 2.87. The Morgan fingerprint density at radius 2 is 2.32 bits per heavy atom. The Bertz CT molecular complexity index is 621. The zero-order chi connectivity index (χ0) is 13.8. The molecule has 0 aliphatic carbocycles. The molecule has 0 fully saturated rings. The number of nitrogens with one attached hydrogen (secondary N) is 1. The monoisotopic (exact) mass is 277 g/mol. The van der Waals surface area contributed by atoms with Crippen molar-refractivity contribution in [1.82, 2.24) is 20.2 Å². The molecule has 0 saturated heterocycles. The largest absolute Gasteiger partial charge is 0.291 e. The van der Waals surface area contributed by atoms with Gasteiger partial charge in [-0.2, -0.15) is 10.2 Å². The molecule has 19 heavy (non-hydrogen) atoms. The third kappa shape index (κ3) is 2.97. The van der Waals surface area contributed by atoms with Crippen LogP contribution in [0.4, 0.5) is 0 Å². The highest BCUT2D eigenvalue weighted by Crippen LogP contribution is 2.18. The van der Waals surface area contributed by atoms with Crippen molar-refractivity contribution in [3.63, 3.8) is 0 Å². The predicted octanol–water partition coefficient (Wildman–Crippen LogP) is 1.54. The van der Waals surface area contributed by atoms with Crippen LogP contribution in [0.25, 0.3) is 0 Å². The maximum absolute atomic E-state index is 11.9. The van der Waals surface area contributed by atoms with Crippen LogP contribution < -0.4 is 5.43 Å². The number of halogens is 1. The molecule has 0 saturated carbocycles. The molecule has 2 aromatic rings. The molecule has 0 aliphatic rings. The number of hydrogen-bond acceptors (Lipinski definition) is 4. The first-order valence-corrected chi connectivity index (χ1v) is 5.91. The summed E-state index contributed by atoms with van der Waals surface area (Å²) in [5.74, 6) is -0.416. The molecule has 0 aromatic carbocycles. The lowest BCUT2D eigenvalue weighted by Gasteiger charge is -2.00. The summed E-state index contributed by atoms with van der Waals surface area (Å²) in [4.78, 5) is 15.9. The Morgan fingerprint density at radius 3 is 2.89 bits per heavy atom. The smallest absolute Gasteiger partial charge is 0.266 e. The standard InChI is InChI=1S/C12H12ClN5O/c1-8-10(13)11(18(2)17-8)12(19)16-15-7-9-5-3-4-6-14-9/h3-7H,1-2H3,(H,16,19)/b15-7+. The quantitative estimate of drug-likeness (QED) is 0.683. The van der Waals surface area contributed by atoms with Gasteiger partial charge in [-0.05, 0) is 19.1 Å². The average molecular weight is 278 g/mol. The van der Waals surface area contributed by atoms with Crippen LogP contribution in [0.1, 0.15) is 21.9 Å². The van der Waals surface area contributed by atoms with E-state index in [1.54, 1.807) is 32.3 Å². The summed E-state index contributed by atoms with van der Waals surface area (Å²) < 4.78 is 1.42. The van der Waals surface area contributed by atoms with Crippen molar-refractivity contribution in [2.24, 2.45) is 12.1 Å². The first kappa shape index (κ1) is 13.2. The summed E-state index contributed by atoms with van der Waals surface area (Å²) in [6.07, 6.45) is 3.10. The fourth-order valence-electron chi connectivity index (χ4n) is 1.54. The molecule has 98 valence electrons. The first-order chi connectivity index (χ1) is 9.09. The Hall–Kier alpha value is -2.21. The number of carbonyl (C=O) groups is 1. The van der Waals surface area contributed by atoms with Gasteiger partial charge in [0.1, 0.15) is 5.69 Å². The second-order valence-electron chi connectivity index (χ2n) is 3.83. The SMILES string of the molecule is Cc1nn(C)c(C(=O)N/N=C/c2ccccn2)c1Cl. The van der Waals surface area contributed by atoms with Gasteiger partial charge in [0.25, 0.3) is 5.91 Å². The van der Waals surface area contributed by atoms with Crippen molar-refractivity contribution in [3.05, 3.63) is 46.5 Å². The maximum Gasteiger partial charge on any atom is 0.291 e. The highest BCUT2D eigenvalue weighted by molar-refractivity contribution is 6.34. The lowest BCUT2D eigenvalue weighted by Crippen LogP contribution is -2.21. The van der Waals surface area contributed by atoms with Gasteiger partial charge in [-0.3, -0.25) is 14.5 Å². The molecule has 0 aliphatic heterocycles. The van der Waals surface area contributed by atoms with Crippen molar-refractivity contribution in [3.8, 4) is 0 Å². The van der Waals surface area contributed by atoms with E-state index in [0.717, 1.165) is 0 Å². The van der Waals surface area contributed by atoms with Gasteiger partial charge < -0.3 is 0 Å². The number of aromatic nitrogens is 3. The lowest BCUT2D eigenvalue weighted by molar-refractivity contribution is 0.0946. The number of carbonyl (C=O) groups excluding carboxylic acids is 1. The molecule has 0 unspecified atom stereocenters. The molecule has 0 atom stereocenters.